The Morgan fingerprint density at radius 1 is 1.42 bits per heavy atom. The molecule has 7 nitrogen and oxygen atoms in total. The van der Waals surface area contributed by atoms with Crippen molar-refractivity contribution in [2.75, 3.05) is 26.8 Å². The number of methoxy groups -OCH3 is 1. The van der Waals surface area contributed by atoms with Crippen molar-refractivity contribution in [3.8, 4) is 0 Å². The number of likely N-dealkylation sites (tertiary alicyclic amines) is 1. The van der Waals surface area contributed by atoms with E-state index in [4.69, 9.17) is 4.74 Å². The van der Waals surface area contributed by atoms with Crippen molar-refractivity contribution in [1.82, 2.24) is 20.0 Å². The lowest BCUT2D eigenvalue weighted by Gasteiger charge is -2.47. The molecule has 0 bridgehead atoms. The van der Waals surface area contributed by atoms with Crippen molar-refractivity contribution in [3.05, 3.63) is 29.7 Å². The van der Waals surface area contributed by atoms with Crippen LogP contribution in [-0.4, -0.2) is 53.3 Å². The number of fused-ring (bicyclic) bond motifs is 1. The summed E-state index contributed by atoms with van der Waals surface area (Å²) in [5.41, 5.74) is 1.49. The monoisotopic (exact) mass is 360 g/mol. The normalized spacial score (nSPS) is 22.8. The Balaban J connectivity index is 1.76. The van der Waals surface area contributed by atoms with E-state index in [0.29, 0.717) is 38.4 Å². The second-order valence-corrected chi connectivity index (χ2v) is 7.01. The summed E-state index contributed by atoms with van der Waals surface area (Å²) in [7, 11) is 1.65. The summed E-state index contributed by atoms with van der Waals surface area (Å²) in [6, 6.07) is 1.74. The van der Waals surface area contributed by atoms with Gasteiger partial charge in [0.1, 0.15) is 5.69 Å². The van der Waals surface area contributed by atoms with Gasteiger partial charge in [0.25, 0.3) is 5.91 Å². The fraction of sp³-hybridized carbons (Fsp3) is 0.632. The number of hydrogen-bond acceptors (Lipinski definition) is 4. The van der Waals surface area contributed by atoms with Gasteiger partial charge in [0.2, 0.25) is 5.91 Å². The van der Waals surface area contributed by atoms with Crippen LogP contribution in [0.15, 0.2) is 24.0 Å². The first-order chi connectivity index (χ1) is 12.6. The molecule has 1 saturated heterocycles. The second-order valence-electron chi connectivity index (χ2n) is 7.01. The second kappa shape index (κ2) is 8.03. The third-order valence-electron chi connectivity index (χ3n) is 5.50. The Hall–Kier alpha value is -2.15. The van der Waals surface area contributed by atoms with Crippen LogP contribution in [0.25, 0.3) is 0 Å². The molecular formula is C19H28N4O3. The van der Waals surface area contributed by atoms with Crippen molar-refractivity contribution >= 4 is 11.8 Å². The highest BCUT2D eigenvalue weighted by Crippen LogP contribution is 2.46. The van der Waals surface area contributed by atoms with Crippen LogP contribution in [0.1, 0.15) is 49.5 Å². The summed E-state index contributed by atoms with van der Waals surface area (Å²) < 4.78 is 6.87. The summed E-state index contributed by atoms with van der Waals surface area (Å²) in [6.45, 7) is 4.25. The van der Waals surface area contributed by atoms with Gasteiger partial charge >= 0.3 is 0 Å². The number of nitrogens with zero attached hydrogens (tertiary/aromatic N) is 3. The first-order valence-electron chi connectivity index (χ1n) is 9.41. The van der Waals surface area contributed by atoms with E-state index in [-0.39, 0.29) is 17.2 Å². The van der Waals surface area contributed by atoms with E-state index in [1.807, 2.05) is 11.8 Å². The third kappa shape index (κ3) is 3.53. The zero-order valence-electron chi connectivity index (χ0n) is 15.7. The fourth-order valence-electron chi connectivity index (χ4n) is 4.10. The molecule has 0 saturated carbocycles. The maximum absolute atomic E-state index is 12.6. The van der Waals surface area contributed by atoms with Crippen LogP contribution < -0.4 is 5.32 Å². The van der Waals surface area contributed by atoms with Gasteiger partial charge in [0.15, 0.2) is 0 Å². The molecule has 1 N–H and O–H groups in total. The molecule has 7 heteroatoms. The van der Waals surface area contributed by atoms with Crippen molar-refractivity contribution in [2.24, 2.45) is 5.41 Å². The number of aromatic nitrogens is 2. The molecule has 0 spiro atoms. The van der Waals surface area contributed by atoms with Crippen LogP contribution in [0.3, 0.4) is 0 Å². The van der Waals surface area contributed by atoms with Crippen molar-refractivity contribution in [1.29, 1.82) is 0 Å². The van der Waals surface area contributed by atoms with Crippen LogP contribution in [0, 0.1) is 5.41 Å². The molecule has 1 aliphatic heterocycles. The molecule has 0 radical (unpaired) electrons. The first-order valence-corrected chi connectivity index (χ1v) is 9.41. The lowest BCUT2D eigenvalue weighted by molar-refractivity contribution is -0.134. The number of rotatable bonds is 7. The molecule has 0 aromatic carbocycles. The molecule has 142 valence electrons. The SMILES string of the molecule is CCn1nccc1C(=O)NCC12CCCC=C1N(CCOC)C(=O)CC2. The largest absolute Gasteiger partial charge is 0.383 e. The predicted molar refractivity (Wildman–Crippen MR) is 97.4 cm³/mol. The van der Waals surface area contributed by atoms with Gasteiger partial charge in [-0.05, 0) is 38.7 Å². The highest BCUT2D eigenvalue weighted by Gasteiger charge is 2.44. The van der Waals surface area contributed by atoms with Gasteiger partial charge in [0.05, 0.1) is 6.61 Å². The van der Waals surface area contributed by atoms with Gasteiger partial charge in [-0.2, -0.15) is 5.10 Å². The van der Waals surface area contributed by atoms with E-state index in [9.17, 15) is 9.59 Å². The number of allylic oxidation sites excluding steroid dienone is 1. The minimum atomic E-state index is -0.160. The molecule has 1 fully saturated rings. The van der Waals surface area contributed by atoms with E-state index in [1.165, 1.54) is 0 Å². The zero-order valence-corrected chi connectivity index (χ0v) is 15.7. The van der Waals surface area contributed by atoms with Crippen molar-refractivity contribution in [2.45, 2.75) is 45.6 Å². The van der Waals surface area contributed by atoms with Crippen LogP contribution in [0.2, 0.25) is 0 Å². The Morgan fingerprint density at radius 2 is 2.27 bits per heavy atom. The number of hydrogen-bond donors (Lipinski definition) is 1. The van der Waals surface area contributed by atoms with E-state index >= 15 is 0 Å². The van der Waals surface area contributed by atoms with E-state index in [1.54, 1.807) is 24.1 Å². The van der Waals surface area contributed by atoms with Crippen LogP contribution in [0.4, 0.5) is 0 Å². The predicted octanol–water partition coefficient (Wildman–Crippen LogP) is 1.96. The Kier molecular flexibility index (Phi) is 5.76. The Labute approximate surface area is 154 Å². The number of ether oxygens (including phenoxy) is 1. The van der Waals surface area contributed by atoms with Gasteiger partial charge in [-0.25, -0.2) is 0 Å². The molecule has 1 aliphatic carbocycles. The number of carbonyl (C=O) groups is 2. The molecule has 1 unspecified atom stereocenters. The molecule has 1 aromatic heterocycles. The smallest absolute Gasteiger partial charge is 0.269 e. The Bertz CT molecular complexity index is 697. The molecule has 2 aliphatic rings. The van der Waals surface area contributed by atoms with Gasteiger partial charge in [-0.1, -0.05) is 6.08 Å². The lowest BCUT2D eigenvalue weighted by Crippen LogP contribution is -2.51. The lowest BCUT2D eigenvalue weighted by atomic mass is 9.69. The number of piperidine rings is 1. The minimum Gasteiger partial charge on any atom is -0.383 e. The summed E-state index contributed by atoms with van der Waals surface area (Å²) >= 11 is 0. The molecule has 2 heterocycles. The highest BCUT2D eigenvalue weighted by molar-refractivity contribution is 5.92. The molecule has 1 aromatic rings. The van der Waals surface area contributed by atoms with Crippen LogP contribution in [-0.2, 0) is 16.1 Å². The maximum atomic E-state index is 12.6. The number of carbonyl (C=O) groups excluding carboxylic acids is 2. The summed E-state index contributed by atoms with van der Waals surface area (Å²) in [6.07, 6.45) is 8.18. The number of nitrogens with one attached hydrogen (secondary N) is 1. The van der Waals surface area contributed by atoms with Crippen LogP contribution in [0.5, 0.6) is 0 Å². The third-order valence-corrected chi connectivity index (χ3v) is 5.50. The summed E-state index contributed by atoms with van der Waals surface area (Å²) in [5.74, 6) is 0.0465. The fourth-order valence-corrected chi connectivity index (χ4v) is 4.10. The topological polar surface area (TPSA) is 76.5 Å². The van der Waals surface area contributed by atoms with Crippen LogP contribution >= 0.6 is 0 Å². The first kappa shape index (κ1) is 18.6. The average molecular weight is 360 g/mol. The number of aryl methyl sites for hydroxylation is 1. The van der Waals surface area contributed by atoms with Gasteiger partial charge in [0, 0.05) is 50.5 Å². The van der Waals surface area contributed by atoms with Gasteiger partial charge in [-0.15, -0.1) is 0 Å². The van der Waals surface area contributed by atoms with Crippen molar-refractivity contribution in [3.63, 3.8) is 0 Å². The molecule has 26 heavy (non-hydrogen) atoms. The van der Waals surface area contributed by atoms with E-state index in [2.05, 4.69) is 16.5 Å². The van der Waals surface area contributed by atoms with Gasteiger partial charge < -0.3 is 15.0 Å². The number of amides is 2. The van der Waals surface area contributed by atoms with E-state index in [0.717, 1.165) is 31.4 Å². The standard InChI is InChI=1S/C19H28N4O3/c1-3-23-15(8-11-21-23)18(25)20-14-19-9-5-4-6-16(19)22(12-13-26-2)17(24)7-10-19/h6,8,11H,3-5,7,9-10,12-14H2,1-2H3,(H,20,25). The Morgan fingerprint density at radius 3 is 3.04 bits per heavy atom. The van der Waals surface area contributed by atoms with Gasteiger partial charge in [-0.3, -0.25) is 14.3 Å². The molecular weight excluding hydrogens is 332 g/mol. The van der Waals surface area contributed by atoms with Crippen molar-refractivity contribution < 1.29 is 14.3 Å². The minimum absolute atomic E-state index is 0.107. The molecule has 2 amide bonds. The molecule has 1 atom stereocenters. The quantitative estimate of drug-likeness (QED) is 0.806. The highest BCUT2D eigenvalue weighted by atomic mass is 16.5. The molecule has 3 rings (SSSR count). The summed E-state index contributed by atoms with van der Waals surface area (Å²) in [4.78, 5) is 26.9. The maximum Gasteiger partial charge on any atom is 0.269 e. The zero-order chi connectivity index (χ0) is 18.6. The summed E-state index contributed by atoms with van der Waals surface area (Å²) in [5, 5.41) is 7.26. The van der Waals surface area contributed by atoms with E-state index < -0.39 is 0 Å². The average Bonchev–Trinajstić information content (AvgIpc) is 3.14.